The van der Waals surface area contributed by atoms with Gasteiger partial charge in [0.15, 0.2) is 5.92 Å². The molecule has 9 nitrogen and oxygen atoms in total. The summed E-state index contributed by atoms with van der Waals surface area (Å²) in [5, 5.41) is 0.862. The van der Waals surface area contributed by atoms with Crippen LogP contribution in [0.4, 0.5) is 4.79 Å². The molecule has 1 aliphatic rings. The molecule has 41 heavy (non-hydrogen) atoms. The van der Waals surface area contributed by atoms with Gasteiger partial charge in [0.25, 0.3) is 0 Å². The number of carbonyl (C=O) groups is 3. The summed E-state index contributed by atoms with van der Waals surface area (Å²) < 4.78 is 30.5. The van der Waals surface area contributed by atoms with Crippen molar-refractivity contribution in [1.82, 2.24) is 9.47 Å². The lowest BCUT2D eigenvalue weighted by Crippen LogP contribution is -2.45. The summed E-state index contributed by atoms with van der Waals surface area (Å²) in [6.07, 6.45) is 0.392. The molecule has 1 aromatic heterocycles. The first-order valence-electron chi connectivity index (χ1n) is 13.7. The smallest absolute Gasteiger partial charge is 0.419 e. The molecule has 0 bridgehead atoms. The minimum Gasteiger partial charge on any atom is -0.468 e. The van der Waals surface area contributed by atoms with Gasteiger partial charge in [-0.15, -0.1) is 0 Å². The van der Waals surface area contributed by atoms with Crippen LogP contribution in [0.3, 0.4) is 0 Å². The van der Waals surface area contributed by atoms with E-state index in [4.69, 9.17) is 14.2 Å². The lowest BCUT2D eigenvalue weighted by Gasteiger charge is -2.41. The fourth-order valence-corrected chi connectivity index (χ4v) is 6.57. The maximum atomic E-state index is 13.6. The summed E-state index contributed by atoms with van der Waals surface area (Å²) in [4.78, 5) is 42.0. The van der Waals surface area contributed by atoms with Gasteiger partial charge in [0.05, 0.1) is 36.6 Å². The second-order valence-electron chi connectivity index (χ2n) is 11.2. The molecule has 0 spiro atoms. The predicted molar refractivity (Wildman–Crippen MR) is 156 cm³/mol. The van der Waals surface area contributed by atoms with Crippen LogP contribution < -0.4 is 0 Å². The first kappa shape index (κ1) is 30.5. The first-order valence-corrected chi connectivity index (χ1v) is 15.0. The number of piperidine rings is 1. The molecule has 2 heterocycles. The Morgan fingerprint density at radius 2 is 1.61 bits per heavy atom. The number of benzene rings is 2. The molecule has 0 unspecified atom stereocenters. The number of fused-ring (bicyclic) bond motifs is 1. The fraction of sp³-hybridized carbons (Fsp3) is 0.452. The van der Waals surface area contributed by atoms with Crippen molar-refractivity contribution < 1.29 is 32.8 Å². The van der Waals surface area contributed by atoms with E-state index in [1.165, 1.54) is 14.2 Å². The Morgan fingerprint density at radius 3 is 2.24 bits per heavy atom. The van der Waals surface area contributed by atoms with Crippen LogP contribution in [0.2, 0.25) is 0 Å². The zero-order valence-corrected chi connectivity index (χ0v) is 25.0. The Bertz CT molecular complexity index is 1400. The van der Waals surface area contributed by atoms with Gasteiger partial charge in [-0.3, -0.25) is 18.7 Å². The van der Waals surface area contributed by atoms with Crippen LogP contribution in [-0.4, -0.2) is 70.4 Å². The minimum atomic E-state index is -1.22. The summed E-state index contributed by atoms with van der Waals surface area (Å²) in [5.74, 6) is -2.39. The van der Waals surface area contributed by atoms with Gasteiger partial charge in [-0.25, -0.2) is 9.36 Å². The highest BCUT2D eigenvalue weighted by Crippen LogP contribution is 2.40. The van der Waals surface area contributed by atoms with E-state index >= 15 is 0 Å². The zero-order chi connectivity index (χ0) is 29.7. The third-order valence-electron chi connectivity index (χ3n) is 7.36. The fourth-order valence-electron chi connectivity index (χ4n) is 5.48. The van der Waals surface area contributed by atoms with Gasteiger partial charge in [0.2, 0.25) is 0 Å². The molecule has 4 rings (SSSR count). The second-order valence-corrected chi connectivity index (χ2v) is 12.7. The summed E-state index contributed by atoms with van der Waals surface area (Å²) in [7, 11) is 1.29. The molecule has 0 N–H and O–H groups in total. The average molecular weight is 583 g/mol. The molecule has 0 radical (unpaired) electrons. The number of methoxy groups -OCH3 is 2. The molecule has 220 valence electrons. The number of hydrogen-bond acceptors (Lipinski definition) is 8. The molecule has 0 amide bonds. The Labute approximate surface area is 243 Å². The number of rotatable bonds is 8. The van der Waals surface area contributed by atoms with Crippen LogP contribution in [0.25, 0.3) is 10.9 Å². The molecule has 10 heteroatoms. The SMILES string of the molecule is COC(=O)C(C(=O)OC)[C@@H]1CCN(CC[S@](=O)c2ccccc2)[C@H](c2cc3ccccc3n2C(=O)OC(C)(C)C)C1. The summed E-state index contributed by atoms with van der Waals surface area (Å²) in [6, 6.07) is 18.4. The van der Waals surface area contributed by atoms with Gasteiger partial charge in [0.1, 0.15) is 5.60 Å². The van der Waals surface area contributed by atoms with Crippen LogP contribution in [0.15, 0.2) is 65.6 Å². The van der Waals surface area contributed by atoms with Crippen LogP contribution in [0.5, 0.6) is 0 Å². The highest BCUT2D eigenvalue weighted by Gasteiger charge is 2.43. The predicted octanol–water partition coefficient (Wildman–Crippen LogP) is 4.95. The molecule has 0 aliphatic carbocycles. The summed E-state index contributed by atoms with van der Waals surface area (Å²) >= 11 is 0. The van der Waals surface area contributed by atoms with E-state index in [9.17, 15) is 18.6 Å². The Morgan fingerprint density at radius 1 is 0.976 bits per heavy atom. The third-order valence-corrected chi connectivity index (χ3v) is 8.71. The minimum absolute atomic E-state index is 0.377. The van der Waals surface area contributed by atoms with Gasteiger partial charge in [-0.2, -0.15) is 0 Å². The molecular weight excluding hydrogens is 544 g/mol. The van der Waals surface area contributed by atoms with E-state index in [1.54, 1.807) is 4.57 Å². The molecule has 1 fully saturated rings. The zero-order valence-electron chi connectivity index (χ0n) is 24.2. The molecule has 3 atom stereocenters. The highest BCUT2D eigenvalue weighted by molar-refractivity contribution is 7.85. The Kier molecular flexibility index (Phi) is 9.65. The first-order chi connectivity index (χ1) is 19.5. The lowest BCUT2D eigenvalue weighted by atomic mass is 9.80. The van der Waals surface area contributed by atoms with Crippen molar-refractivity contribution in [3.8, 4) is 0 Å². The molecular formula is C31H38N2O7S. The molecule has 2 aromatic carbocycles. The number of carbonyl (C=O) groups excluding carboxylic acids is 3. The van der Waals surface area contributed by atoms with Crippen molar-refractivity contribution >= 4 is 39.7 Å². The van der Waals surface area contributed by atoms with Crippen molar-refractivity contribution in [3.63, 3.8) is 0 Å². The van der Waals surface area contributed by atoms with Crippen LogP contribution in [0, 0.1) is 11.8 Å². The quantitative estimate of drug-likeness (QED) is 0.209. The molecule has 0 saturated carbocycles. The lowest BCUT2D eigenvalue weighted by molar-refractivity contribution is -0.163. The van der Waals surface area contributed by atoms with E-state index in [-0.39, 0.29) is 12.0 Å². The largest absolute Gasteiger partial charge is 0.468 e. The van der Waals surface area contributed by atoms with Gasteiger partial charge in [-0.05, 0) is 70.3 Å². The number of hydrogen-bond donors (Lipinski definition) is 0. The highest BCUT2D eigenvalue weighted by atomic mass is 32.2. The van der Waals surface area contributed by atoms with Gasteiger partial charge in [0, 0.05) is 28.3 Å². The van der Waals surface area contributed by atoms with E-state index in [1.807, 2.05) is 81.4 Å². The van der Waals surface area contributed by atoms with Crippen molar-refractivity contribution in [2.24, 2.45) is 11.8 Å². The normalized spacial score (nSPS) is 18.7. The van der Waals surface area contributed by atoms with Gasteiger partial charge >= 0.3 is 18.0 Å². The topological polar surface area (TPSA) is 104 Å². The average Bonchev–Trinajstić information content (AvgIpc) is 3.35. The Balaban J connectivity index is 1.75. The number of nitrogens with zero attached hydrogens (tertiary/aromatic N) is 2. The maximum absolute atomic E-state index is 13.6. The van der Waals surface area contributed by atoms with E-state index in [2.05, 4.69) is 4.90 Å². The van der Waals surface area contributed by atoms with Crippen LogP contribution >= 0.6 is 0 Å². The van der Waals surface area contributed by atoms with Crippen molar-refractivity contribution in [3.05, 3.63) is 66.4 Å². The van der Waals surface area contributed by atoms with Crippen LogP contribution in [0.1, 0.15) is 45.3 Å². The van der Waals surface area contributed by atoms with Crippen molar-refractivity contribution in [1.29, 1.82) is 0 Å². The molecule has 1 saturated heterocycles. The van der Waals surface area contributed by atoms with Gasteiger partial charge < -0.3 is 14.2 Å². The number of likely N-dealkylation sites (tertiary alicyclic amines) is 1. The van der Waals surface area contributed by atoms with Crippen molar-refractivity contribution in [2.75, 3.05) is 33.1 Å². The Hall–Kier alpha value is -3.50. The third kappa shape index (κ3) is 7.05. The molecule has 1 aliphatic heterocycles. The van der Waals surface area contributed by atoms with E-state index < -0.39 is 40.4 Å². The monoisotopic (exact) mass is 582 g/mol. The maximum Gasteiger partial charge on any atom is 0.419 e. The number of aromatic nitrogens is 1. The molecule has 3 aromatic rings. The second kappa shape index (κ2) is 13.0. The van der Waals surface area contributed by atoms with E-state index in [0.29, 0.717) is 42.9 Å². The number of para-hydroxylation sites is 1. The number of ether oxygens (including phenoxy) is 3. The summed E-state index contributed by atoms with van der Waals surface area (Å²) in [6.45, 7) is 6.44. The standard InChI is InChI=1S/C31H38N2O7S/c1-31(2,3)40-30(36)33-24-14-10-9-11-21(24)19-26(33)25-20-22(27(28(34)38-4)29(35)39-5)15-16-32(25)17-18-41(37)23-12-7-6-8-13-23/h6-14,19,22,25,27H,15-18,20H2,1-5H3/t22-,25+,41+/m1/s1. The summed E-state index contributed by atoms with van der Waals surface area (Å²) in [5.41, 5.74) is 0.662. The van der Waals surface area contributed by atoms with Crippen LogP contribution in [-0.2, 0) is 34.6 Å². The van der Waals surface area contributed by atoms with Crippen molar-refractivity contribution in [2.45, 2.75) is 50.2 Å². The van der Waals surface area contributed by atoms with Gasteiger partial charge in [-0.1, -0.05) is 36.4 Å². The number of esters is 2. The van der Waals surface area contributed by atoms with E-state index in [0.717, 1.165) is 10.3 Å².